The van der Waals surface area contributed by atoms with Gasteiger partial charge in [0, 0.05) is 11.4 Å². The van der Waals surface area contributed by atoms with Gasteiger partial charge in [0.25, 0.3) is 5.91 Å². The molecule has 124 valence electrons. The summed E-state index contributed by atoms with van der Waals surface area (Å²) in [6, 6.07) is 7.62. The molecule has 0 atom stereocenters. The fraction of sp³-hybridized carbons (Fsp3) is 0.312. The fourth-order valence-electron chi connectivity index (χ4n) is 2.73. The van der Waals surface area contributed by atoms with E-state index in [4.69, 9.17) is 21.4 Å². The van der Waals surface area contributed by atoms with Crippen molar-refractivity contribution >= 4 is 29.1 Å². The number of methoxy groups -OCH3 is 1. The van der Waals surface area contributed by atoms with E-state index in [-0.39, 0.29) is 18.2 Å². The molecule has 1 saturated carbocycles. The molecular weight excluding hydrogens is 328 g/mol. The van der Waals surface area contributed by atoms with Crippen LogP contribution in [0.2, 0.25) is 0 Å². The first-order valence-corrected chi connectivity index (χ1v) is 8.08. The third-order valence-electron chi connectivity index (χ3n) is 4.05. The smallest absolute Gasteiger partial charge is 0.287 e. The number of rotatable bonds is 5. The number of benzene rings is 1. The number of carbonyl (C=O) groups excluding carboxylic acids is 1. The zero-order valence-electron chi connectivity index (χ0n) is 13.0. The first kappa shape index (κ1) is 14.9. The number of hydrogen-bond acceptors (Lipinski definition) is 5. The van der Waals surface area contributed by atoms with Crippen molar-refractivity contribution in [1.29, 1.82) is 0 Å². The fourth-order valence-corrected chi connectivity index (χ4v) is 3.03. The van der Waals surface area contributed by atoms with Gasteiger partial charge in [-0.15, -0.1) is 0 Å². The number of aromatic nitrogens is 3. The van der Waals surface area contributed by atoms with Gasteiger partial charge in [-0.3, -0.25) is 14.5 Å². The van der Waals surface area contributed by atoms with Crippen molar-refractivity contribution in [1.82, 2.24) is 20.1 Å². The number of ether oxygens (including phenoxy) is 1. The number of hydrogen-bond donors (Lipinski definition) is 2. The quantitative estimate of drug-likeness (QED) is 0.695. The van der Waals surface area contributed by atoms with Crippen LogP contribution in [0.3, 0.4) is 0 Å². The van der Waals surface area contributed by atoms with Gasteiger partial charge in [0.2, 0.25) is 0 Å². The lowest BCUT2D eigenvalue weighted by Crippen LogP contribution is -2.24. The van der Waals surface area contributed by atoms with Gasteiger partial charge in [0.15, 0.2) is 27.7 Å². The molecule has 8 heteroatoms. The van der Waals surface area contributed by atoms with Gasteiger partial charge in [-0.05, 0) is 37.2 Å². The number of nitrogens with zero attached hydrogens (tertiary/aromatic N) is 2. The van der Waals surface area contributed by atoms with Crippen LogP contribution in [0, 0.1) is 4.77 Å². The molecule has 1 amide bonds. The van der Waals surface area contributed by atoms with Crippen LogP contribution >= 0.6 is 12.2 Å². The van der Waals surface area contributed by atoms with Crippen molar-refractivity contribution < 1.29 is 13.9 Å². The van der Waals surface area contributed by atoms with E-state index < -0.39 is 0 Å². The maximum atomic E-state index is 12.4. The molecule has 0 unspecified atom stereocenters. The molecule has 0 spiro atoms. The van der Waals surface area contributed by atoms with Gasteiger partial charge in [0.05, 0.1) is 13.7 Å². The summed E-state index contributed by atoms with van der Waals surface area (Å²) in [5.41, 5.74) is 0.561. The molecule has 2 N–H and O–H groups in total. The lowest BCUT2D eigenvalue weighted by molar-refractivity contribution is 0.0923. The van der Waals surface area contributed by atoms with E-state index in [1.54, 1.807) is 19.2 Å². The van der Waals surface area contributed by atoms with Crippen LogP contribution in [0.15, 0.2) is 28.7 Å². The summed E-state index contributed by atoms with van der Waals surface area (Å²) >= 11 is 5.23. The molecule has 1 fully saturated rings. The van der Waals surface area contributed by atoms with Crippen LogP contribution in [-0.2, 0) is 6.54 Å². The minimum Gasteiger partial charge on any atom is -0.493 e. The molecule has 2 aromatic heterocycles. The highest BCUT2D eigenvalue weighted by Crippen LogP contribution is 2.35. The van der Waals surface area contributed by atoms with E-state index in [1.165, 1.54) is 0 Å². The van der Waals surface area contributed by atoms with E-state index in [1.807, 2.05) is 16.7 Å². The Labute approximate surface area is 142 Å². The first-order valence-electron chi connectivity index (χ1n) is 7.68. The van der Waals surface area contributed by atoms with Gasteiger partial charge in [0.1, 0.15) is 0 Å². The van der Waals surface area contributed by atoms with E-state index in [0.29, 0.717) is 22.1 Å². The topological polar surface area (TPSA) is 85.1 Å². The van der Waals surface area contributed by atoms with Crippen molar-refractivity contribution in [3.63, 3.8) is 0 Å². The number of amides is 1. The first-order chi connectivity index (χ1) is 11.7. The van der Waals surface area contributed by atoms with Crippen LogP contribution in [0.1, 0.15) is 35.3 Å². The summed E-state index contributed by atoms with van der Waals surface area (Å²) in [5, 5.41) is 10.6. The minimum absolute atomic E-state index is 0.238. The average Bonchev–Trinajstić information content (AvgIpc) is 3.21. The molecule has 3 aromatic rings. The molecule has 24 heavy (non-hydrogen) atoms. The SMILES string of the molecule is COc1cccc2cc(C(=O)NCc3n[nH]c(=S)n3C3CC3)oc12. The Balaban J connectivity index is 1.53. The van der Waals surface area contributed by atoms with Crippen molar-refractivity contribution in [3.05, 3.63) is 40.6 Å². The van der Waals surface area contributed by atoms with Crippen LogP contribution in [0.25, 0.3) is 11.0 Å². The molecule has 7 nitrogen and oxygen atoms in total. The molecule has 2 heterocycles. The summed E-state index contributed by atoms with van der Waals surface area (Å²) in [5.74, 6) is 1.26. The second kappa shape index (κ2) is 5.79. The Bertz CT molecular complexity index is 967. The highest BCUT2D eigenvalue weighted by molar-refractivity contribution is 7.71. The van der Waals surface area contributed by atoms with Gasteiger partial charge in [-0.25, -0.2) is 0 Å². The summed E-state index contributed by atoms with van der Waals surface area (Å²) in [6.45, 7) is 0.288. The Morgan fingerprint density at radius 1 is 1.54 bits per heavy atom. The molecular formula is C16H16N4O3S. The summed E-state index contributed by atoms with van der Waals surface area (Å²) in [6.07, 6.45) is 2.19. The standard InChI is InChI=1S/C16H16N4O3S/c1-22-11-4-2-3-9-7-12(23-14(9)11)15(21)17-8-13-18-19-16(24)20(13)10-5-6-10/h2-4,7,10H,5-6,8H2,1H3,(H,17,21)(H,19,24). The van der Waals surface area contributed by atoms with E-state index in [2.05, 4.69) is 15.5 Å². The highest BCUT2D eigenvalue weighted by Gasteiger charge is 2.27. The lowest BCUT2D eigenvalue weighted by Gasteiger charge is -2.05. The molecule has 1 aliphatic carbocycles. The van der Waals surface area contributed by atoms with Crippen molar-refractivity contribution in [2.75, 3.05) is 7.11 Å². The molecule has 0 radical (unpaired) electrons. The summed E-state index contributed by atoms with van der Waals surface area (Å²) in [4.78, 5) is 12.4. The molecule has 4 rings (SSSR count). The number of aromatic amines is 1. The maximum Gasteiger partial charge on any atom is 0.287 e. The van der Waals surface area contributed by atoms with Crippen LogP contribution in [0.4, 0.5) is 0 Å². The Kier molecular flexibility index (Phi) is 3.61. The maximum absolute atomic E-state index is 12.4. The van der Waals surface area contributed by atoms with Crippen molar-refractivity contribution in [3.8, 4) is 5.75 Å². The number of nitrogens with one attached hydrogen (secondary N) is 2. The van der Waals surface area contributed by atoms with E-state index >= 15 is 0 Å². The number of carbonyl (C=O) groups is 1. The van der Waals surface area contributed by atoms with Gasteiger partial charge >= 0.3 is 0 Å². The van der Waals surface area contributed by atoms with E-state index in [0.717, 1.165) is 24.1 Å². The van der Waals surface area contributed by atoms with Crippen LogP contribution in [0.5, 0.6) is 5.75 Å². The zero-order chi connectivity index (χ0) is 16.7. The van der Waals surface area contributed by atoms with Gasteiger partial charge < -0.3 is 14.5 Å². The molecule has 0 saturated heterocycles. The minimum atomic E-state index is -0.301. The molecule has 0 aliphatic heterocycles. The number of H-pyrrole nitrogens is 1. The lowest BCUT2D eigenvalue weighted by atomic mass is 10.2. The number of furan rings is 1. The van der Waals surface area contributed by atoms with E-state index in [9.17, 15) is 4.79 Å². The Morgan fingerprint density at radius 2 is 2.38 bits per heavy atom. The van der Waals surface area contributed by atoms with Crippen molar-refractivity contribution in [2.45, 2.75) is 25.4 Å². The van der Waals surface area contributed by atoms with Crippen molar-refractivity contribution in [2.24, 2.45) is 0 Å². The summed E-state index contributed by atoms with van der Waals surface area (Å²) in [7, 11) is 1.57. The van der Waals surface area contributed by atoms with Gasteiger partial charge in [-0.1, -0.05) is 12.1 Å². The Hall–Kier alpha value is -2.61. The zero-order valence-corrected chi connectivity index (χ0v) is 13.9. The molecule has 1 aromatic carbocycles. The highest BCUT2D eigenvalue weighted by atomic mass is 32.1. The average molecular weight is 344 g/mol. The summed E-state index contributed by atoms with van der Waals surface area (Å²) < 4.78 is 13.5. The largest absolute Gasteiger partial charge is 0.493 e. The number of fused-ring (bicyclic) bond motifs is 1. The number of para-hydroxylation sites is 1. The predicted octanol–water partition coefficient (Wildman–Crippen LogP) is 2.96. The third kappa shape index (κ3) is 2.58. The normalized spacial score (nSPS) is 14.0. The molecule has 1 aliphatic rings. The second-order valence-electron chi connectivity index (χ2n) is 5.72. The van der Waals surface area contributed by atoms with Crippen LogP contribution < -0.4 is 10.1 Å². The van der Waals surface area contributed by atoms with Crippen LogP contribution in [-0.4, -0.2) is 27.8 Å². The monoisotopic (exact) mass is 344 g/mol. The molecule has 0 bridgehead atoms. The predicted molar refractivity (Wildman–Crippen MR) is 89.6 cm³/mol. The second-order valence-corrected chi connectivity index (χ2v) is 6.10. The third-order valence-corrected chi connectivity index (χ3v) is 4.34. The van der Waals surface area contributed by atoms with Gasteiger partial charge in [-0.2, -0.15) is 5.10 Å². The Morgan fingerprint density at radius 3 is 3.12 bits per heavy atom.